The predicted molar refractivity (Wildman–Crippen MR) is 104 cm³/mol. The number of carbonyl (C=O) groups excluding carboxylic acids is 1. The molecule has 130 valence electrons. The van der Waals surface area contributed by atoms with Crippen LogP contribution in [0.2, 0.25) is 0 Å². The van der Waals surface area contributed by atoms with E-state index in [4.69, 9.17) is 0 Å². The Labute approximate surface area is 157 Å². The summed E-state index contributed by atoms with van der Waals surface area (Å²) in [7, 11) is 0. The number of amides is 1. The fourth-order valence-corrected chi connectivity index (χ4v) is 3.96. The van der Waals surface area contributed by atoms with Gasteiger partial charge < -0.3 is 5.32 Å². The van der Waals surface area contributed by atoms with Crippen LogP contribution in [0.1, 0.15) is 29.2 Å². The first-order chi connectivity index (χ1) is 12.0. The number of fused-ring (bicyclic) bond motifs is 1. The van der Waals surface area contributed by atoms with Crippen molar-refractivity contribution in [3.8, 4) is 0 Å². The first-order valence-electron chi connectivity index (χ1n) is 7.96. The van der Waals surface area contributed by atoms with E-state index in [1.165, 1.54) is 4.68 Å². The Morgan fingerprint density at radius 1 is 1.32 bits per heavy atom. The fraction of sp³-hybridized carbons (Fsp3) is 0.278. The maximum absolute atomic E-state index is 12.7. The molecule has 1 N–H and O–H groups in total. The van der Waals surface area contributed by atoms with Gasteiger partial charge in [0.05, 0.1) is 11.9 Å². The Kier molecular flexibility index (Phi) is 5.34. The minimum atomic E-state index is -0.279. The predicted octanol–water partition coefficient (Wildman–Crippen LogP) is 3.81. The van der Waals surface area contributed by atoms with Crippen molar-refractivity contribution in [2.45, 2.75) is 26.9 Å². The number of thiophene rings is 1. The monoisotopic (exact) mass is 419 g/mol. The molecule has 0 fully saturated rings. The molecule has 25 heavy (non-hydrogen) atoms. The largest absolute Gasteiger partial charge is 0.346 e. The maximum atomic E-state index is 12.7. The molecule has 0 bridgehead atoms. The second kappa shape index (κ2) is 7.49. The molecular weight excluding hydrogens is 402 g/mol. The van der Waals surface area contributed by atoms with Crippen molar-refractivity contribution in [3.05, 3.63) is 61.1 Å². The van der Waals surface area contributed by atoms with Crippen molar-refractivity contribution >= 4 is 43.9 Å². The second-order valence-corrected chi connectivity index (χ2v) is 8.10. The smallest absolute Gasteiger partial charge is 0.274 e. The van der Waals surface area contributed by atoms with E-state index in [2.05, 4.69) is 26.3 Å². The zero-order valence-corrected chi connectivity index (χ0v) is 16.4. The molecule has 0 aliphatic rings. The summed E-state index contributed by atoms with van der Waals surface area (Å²) >= 11 is 4.97. The second-order valence-electron chi connectivity index (χ2n) is 6.19. The van der Waals surface area contributed by atoms with Crippen LogP contribution >= 0.6 is 27.3 Å². The highest BCUT2D eigenvalue weighted by Crippen LogP contribution is 2.20. The van der Waals surface area contributed by atoms with Crippen molar-refractivity contribution in [2.75, 3.05) is 0 Å². The van der Waals surface area contributed by atoms with E-state index in [0.717, 1.165) is 9.35 Å². The van der Waals surface area contributed by atoms with Crippen LogP contribution in [0.3, 0.4) is 0 Å². The van der Waals surface area contributed by atoms with Crippen molar-refractivity contribution in [2.24, 2.45) is 5.92 Å². The number of nitrogens with zero attached hydrogens (tertiary/aromatic N) is 2. The molecule has 2 aromatic heterocycles. The van der Waals surface area contributed by atoms with E-state index in [9.17, 15) is 9.59 Å². The van der Waals surface area contributed by atoms with Crippen LogP contribution in [0, 0.1) is 5.92 Å². The average molecular weight is 420 g/mol. The number of hydrogen-bond donors (Lipinski definition) is 1. The topological polar surface area (TPSA) is 64.0 Å². The summed E-state index contributed by atoms with van der Waals surface area (Å²) in [5, 5.41) is 10.3. The van der Waals surface area contributed by atoms with Gasteiger partial charge in [0.25, 0.3) is 11.5 Å². The molecule has 0 unspecified atom stereocenters. The van der Waals surface area contributed by atoms with Gasteiger partial charge in [-0.2, -0.15) is 5.10 Å². The molecule has 1 amide bonds. The number of rotatable bonds is 5. The van der Waals surface area contributed by atoms with Gasteiger partial charge in [-0.1, -0.05) is 32.0 Å². The molecule has 5 nitrogen and oxygen atoms in total. The number of nitrogens with one attached hydrogen (secondary N) is 1. The third kappa shape index (κ3) is 3.99. The lowest BCUT2D eigenvalue weighted by atomic mass is 10.1. The summed E-state index contributed by atoms with van der Waals surface area (Å²) in [4.78, 5) is 26.3. The summed E-state index contributed by atoms with van der Waals surface area (Å²) in [6.07, 6.45) is 0. The molecule has 0 atom stereocenters. The van der Waals surface area contributed by atoms with Gasteiger partial charge in [-0.05, 0) is 34.0 Å². The molecule has 0 aliphatic heterocycles. The van der Waals surface area contributed by atoms with Crippen LogP contribution in [0.25, 0.3) is 10.8 Å². The SMILES string of the molecule is CC(C)Cn1nc(C(=O)NCc2cc(Br)cs2)c2ccccc2c1=O. The van der Waals surface area contributed by atoms with Crippen molar-refractivity contribution in [1.82, 2.24) is 15.1 Å². The van der Waals surface area contributed by atoms with E-state index in [1.54, 1.807) is 29.5 Å². The summed E-state index contributed by atoms with van der Waals surface area (Å²) in [5.41, 5.74) is 0.120. The van der Waals surface area contributed by atoms with Gasteiger partial charge in [0, 0.05) is 26.7 Å². The molecule has 0 saturated carbocycles. The Bertz CT molecular complexity index is 978. The zero-order valence-electron chi connectivity index (χ0n) is 14.0. The quantitative estimate of drug-likeness (QED) is 0.683. The van der Waals surface area contributed by atoms with Crippen LogP contribution in [0.15, 0.2) is 45.0 Å². The molecule has 7 heteroatoms. The highest BCUT2D eigenvalue weighted by molar-refractivity contribution is 9.10. The highest BCUT2D eigenvalue weighted by atomic mass is 79.9. The van der Waals surface area contributed by atoms with Crippen LogP contribution in [-0.2, 0) is 13.1 Å². The average Bonchev–Trinajstić information content (AvgIpc) is 3.00. The number of hydrogen-bond acceptors (Lipinski definition) is 4. The van der Waals surface area contributed by atoms with Crippen LogP contribution < -0.4 is 10.9 Å². The first-order valence-corrected chi connectivity index (χ1v) is 9.64. The van der Waals surface area contributed by atoms with Crippen LogP contribution in [-0.4, -0.2) is 15.7 Å². The first kappa shape index (κ1) is 17.8. The molecule has 1 aromatic carbocycles. The summed E-state index contributed by atoms with van der Waals surface area (Å²) in [6.45, 7) is 4.92. The van der Waals surface area contributed by atoms with Gasteiger partial charge in [0.2, 0.25) is 0 Å². The minimum Gasteiger partial charge on any atom is -0.346 e. The summed E-state index contributed by atoms with van der Waals surface area (Å²) in [6, 6.07) is 9.08. The maximum Gasteiger partial charge on any atom is 0.274 e. The number of halogens is 1. The molecule has 0 radical (unpaired) electrons. The van der Waals surface area contributed by atoms with Gasteiger partial charge in [0.15, 0.2) is 5.69 Å². The van der Waals surface area contributed by atoms with Gasteiger partial charge in [-0.25, -0.2) is 4.68 Å². The minimum absolute atomic E-state index is 0.164. The Morgan fingerprint density at radius 3 is 2.68 bits per heavy atom. The van der Waals surface area contributed by atoms with E-state index in [1.807, 2.05) is 31.4 Å². The van der Waals surface area contributed by atoms with E-state index in [0.29, 0.717) is 23.9 Å². The Balaban J connectivity index is 1.97. The lowest BCUT2D eigenvalue weighted by Crippen LogP contribution is -2.31. The Hall–Kier alpha value is -1.99. The van der Waals surface area contributed by atoms with Gasteiger partial charge >= 0.3 is 0 Å². The molecule has 2 heterocycles. The van der Waals surface area contributed by atoms with Gasteiger partial charge in [0.1, 0.15) is 0 Å². The van der Waals surface area contributed by atoms with Crippen molar-refractivity contribution in [1.29, 1.82) is 0 Å². The molecule has 3 aromatic rings. The number of carbonyl (C=O) groups is 1. The van der Waals surface area contributed by atoms with Crippen molar-refractivity contribution < 1.29 is 4.79 Å². The summed E-state index contributed by atoms with van der Waals surface area (Å²) in [5.74, 6) is -0.0241. The van der Waals surface area contributed by atoms with Crippen molar-refractivity contribution in [3.63, 3.8) is 0 Å². The third-order valence-electron chi connectivity index (χ3n) is 3.67. The highest BCUT2D eigenvalue weighted by Gasteiger charge is 2.17. The van der Waals surface area contributed by atoms with Crippen LogP contribution in [0.4, 0.5) is 0 Å². The number of benzene rings is 1. The zero-order chi connectivity index (χ0) is 18.0. The van der Waals surface area contributed by atoms with Gasteiger partial charge in [-0.3, -0.25) is 9.59 Å². The number of aromatic nitrogens is 2. The molecular formula is C18H18BrN3O2S. The molecule has 0 saturated heterocycles. The molecule has 3 rings (SSSR count). The standard InChI is InChI=1S/C18H18BrN3O2S/c1-11(2)9-22-18(24)15-6-4-3-5-14(15)16(21-22)17(23)20-8-13-7-12(19)10-25-13/h3-7,10-11H,8-9H2,1-2H3,(H,20,23). The molecule has 0 spiro atoms. The summed E-state index contributed by atoms with van der Waals surface area (Å²) < 4.78 is 2.39. The molecule has 0 aliphatic carbocycles. The lowest BCUT2D eigenvalue weighted by molar-refractivity contribution is 0.0945. The lowest BCUT2D eigenvalue weighted by Gasteiger charge is -2.12. The third-order valence-corrected chi connectivity index (χ3v) is 5.36. The van der Waals surface area contributed by atoms with Crippen LogP contribution in [0.5, 0.6) is 0 Å². The van der Waals surface area contributed by atoms with E-state index in [-0.39, 0.29) is 23.1 Å². The normalized spacial score (nSPS) is 11.2. The fourth-order valence-electron chi connectivity index (χ4n) is 2.57. The van der Waals surface area contributed by atoms with E-state index < -0.39 is 0 Å². The van der Waals surface area contributed by atoms with Gasteiger partial charge in [-0.15, -0.1) is 11.3 Å². The Morgan fingerprint density at radius 2 is 2.04 bits per heavy atom. The van der Waals surface area contributed by atoms with E-state index >= 15 is 0 Å².